The summed E-state index contributed by atoms with van der Waals surface area (Å²) in [6, 6.07) is 0. The second kappa shape index (κ2) is 6.98. The van der Waals surface area contributed by atoms with Crippen LogP contribution in [0.15, 0.2) is 0 Å². The third kappa shape index (κ3) is 4.39. The topological polar surface area (TPSA) is 86.7 Å². The molecule has 1 saturated heterocycles. The molecule has 0 aromatic rings. The predicted octanol–water partition coefficient (Wildman–Crippen LogP) is 1.79. The van der Waals surface area contributed by atoms with Crippen LogP contribution in [-0.4, -0.2) is 53.6 Å². The van der Waals surface area contributed by atoms with Gasteiger partial charge in [0.25, 0.3) is 0 Å². The van der Waals surface area contributed by atoms with E-state index in [2.05, 4.69) is 5.32 Å². The molecule has 138 valence electrons. The summed E-state index contributed by atoms with van der Waals surface area (Å²) in [4.78, 5) is 35.6. The molecule has 0 saturated carbocycles. The summed E-state index contributed by atoms with van der Waals surface area (Å²) in [5.74, 6) is -2.67. The molecule has 24 heavy (non-hydrogen) atoms. The van der Waals surface area contributed by atoms with Crippen LogP contribution in [0.1, 0.15) is 40.0 Å². The number of nitrogens with zero attached hydrogens (tertiary/aromatic N) is 1. The van der Waals surface area contributed by atoms with Crippen molar-refractivity contribution < 1.29 is 32.7 Å². The molecule has 1 aliphatic heterocycles. The fourth-order valence-corrected chi connectivity index (χ4v) is 2.41. The second-order valence-corrected chi connectivity index (χ2v) is 7.06. The number of carboxylic acid groups (broad SMARTS) is 1. The molecule has 2 N–H and O–H groups in total. The Hall–Kier alpha value is -1.80. The van der Waals surface area contributed by atoms with Crippen LogP contribution in [-0.2, 0) is 14.4 Å². The number of hydrogen-bond acceptors (Lipinski definition) is 3. The molecule has 0 radical (unpaired) electrons. The Balaban J connectivity index is 2.51. The molecule has 6 nitrogen and oxygen atoms in total. The van der Waals surface area contributed by atoms with E-state index < -0.39 is 41.8 Å². The van der Waals surface area contributed by atoms with Crippen LogP contribution in [0.2, 0.25) is 0 Å². The van der Waals surface area contributed by atoms with E-state index in [1.807, 2.05) is 0 Å². The second-order valence-electron chi connectivity index (χ2n) is 7.06. The Bertz CT molecular complexity index is 514. The van der Waals surface area contributed by atoms with Crippen molar-refractivity contribution >= 4 is 17.8 Å². The van der Waals surface area contributed by atoms with Crippen molar-refractivity contribution in [2.45, 2.75) is 46.2 Å². The van der Waals surface area contributed by atoms with Gasteiger partial charge in [-0.25, -0.2) is 0 Å². The van der Waals surface area contributed by atoms with Gasteiger partial charge in [-0.2, -0.15) is 13.2 Å². The Morgan fingerprint density at radius 2 is 1.79 bits per heavy atom. The quantitative estimate of drug-likeness (QED) is 0.739. The minimum absolute atomic E-state index is 0.0437. The number of amides is 2. The van der Waals surface area contributed by atoms with Crippen LogP contribution in [0.4, 0.5) is 13.2 Å². The molecule has 0 aromatic heterocycles. The van der Waals surface area contributed by atoms with Gasteiger partial charge in [0.05, 0.1) is 0 Å². The monoisotopic (exact) mass is 352 g/mol. The zero-order valence-electron chi connectivity index (χ0n) is 14.0. The Labute approximate surface area is 138 Å². The van der Waals surface area contributed by atoms with Gasteiger partial charge in [0, 0.05) is 31.5 Å². The van der Waals surface area contributed by atoms with Gasteiger partial charge in [0.2, 0.25) is 11.8 Å². The van der Waals surface area contributed by atoms with Gasteiger partial charge in [-0.15, -0.1) is 0 Å². The van der Waals surface area contributed by atoms with Crippen molar-refractivity contribution in [2.24, 2.45) is 10.8 Å². The highest BCUT2D eigenvalue weighted by atomic mass is 19.4. The summed E-state index contributed by atoms with van der Waals surface area (Å²) in [7, 11) is 0. The molecule has 2 amide bonds. The van der Waals surface area contributed by atoms with Crippen LogP contribution >= 0.6 is 0 Å². The van der Waals surface area contributed by atoms with Crippen LogP contribution in [0.3, 0.4) is 0 Å². The number of likely N-dealkylation sites (tertiary alicyclic amines) is 1. The molecule has 1 fully saturated rings. The Morgan fingerprint density at radius 3 is 2.21 bits per heavy atom. The number of carboxylic acids is 1. The number of nitrogens with one attached hydrogen (secondary N) is 1. The molecule has 1 aliphatic rings. The van der Waals surface area contributed by atoms with E-state index in [9.17, 15) is 27.6 Å². The maximum Gasteiger partial charge on any atom is 0.406 e. The normalized spacial score (nSPS) is 21.7. The molecule has 1 unspecified atom stereocenters. The van der Waals surface area contributed by atoms with Crippen molar-refractivity contribution in [3.05, 3.63) is 0 Å². The average molecular weight is 352 g/mol. The lowest BCUT2D eigenvalue weighted by molar-refractivity contribution is -0.227. The van der Waals surface area contributed by atoms with E-state index in [4.69, 9.17) is 5.11 Å². The summed E-state index contributed by atoms with van der Waals surface area (Å²) in [6.07, 6.45) is -5.31. The lowest BCUT2D eigenvalue weighted by atomic mass is 9.86. The molecule has 0 bridgehead atoms. The Kier molecular flexibility index (Phi) is 5.89. The van der Waals surface area contributed by atoms with Crippen LogP contribution in [0.25, 0.3) is 0 Å². The molecular formula is C15H23F3N2O4. The van der Waals surface area contributed by atoms with Crippen LogP contribution < -0.4 is 5.32 Å². The lowest BCUT2D eigenvalue weighted by Gasteiger charge is -2.27. The number of carbonyl (C=O) groups is 3. The highest BCUT2D eigenvalue weighted by Crippen LogP contribution is 2.45. The first kappa shape index (κ1) is 20.2. The Morgan fingerprint density at radius 1 is 1.21 bits per heavy atom. The van der Waals surface area contributed by atoms with Gasteiger partial charge in [-0.1, -0.05) is 20.8 Å². The van der Waals surface area contributed by atoms with E-state index in [-0.39, 0.29) is 31.8 Å². The molecule has 1 atom stereocenters. The predicted molar refractivity (Wildman–Crippen MR) is 79.0 cm³/mol. The first-order chi connectivity index (χ1) is 10.8. The third-order valence-electron chi connectivity index (χ3n) is 4.11. The van der Waals surface area contributed by atoms with Crippen molar-refractivity contribution in [3.8, 4) is 0 Å². The van der Waals surface area contributed by atoms with E-state index in [0.29, 0.717) is 0 Å². The van der Waals surface area contributed by atoms with Gasteiger partial charge in [-0.3, -0.25) is 14.4 Å². The molecule has 0 aliphatic carbocycles. The number of alkyl halides is 3. The molecular weight excluding hydrogens is 329 g/mol. The van der Waals surface area contributed by atoms with Crippen molar-refractivity contribution in [1.29, 1.82) is 0 Å². The van der Waals surface area contributed by atoms with Gasteiger partial charge in [-0.05, 0) is 12.8 Å². The maximum absolute atomic E-state index is 13.0. The summed E-state index contributed by atoms with van der Waals surface area (Å²) >= 11 is 0. The van der Waals surface area contributed by atoms with Gasteiger partial charge in [0.15, 0.2) is 5.41 Å². The molecule has 1 heterocycles. The molecule has 0 spiro atoms. The van der Waals surface area contributed by atoms with E-state index in [1.165, 1.54) is 0 Å². The first-order valence-corrected chi connectivity index (χ1v) is 7.67. The van der Waals surface area contributed by atoms with Crippen LogP contribution in [0, 0.1) is 10.8 Å². The van der Waals surface area contributed by atoms with E-state index in [0.717, 1.165) is 4.90 Å². The highest BCUT2D eigenvalue weighted by Gasteiger charge is 2.64. The van der Waals surface area contributed by atoms with Gasteiger partial charge < -0.3 is 15.3 Å². The van der Waals surface area contributed by atoms with Crippen molar-refractivity contribution in [3.63, 3.8) is 0 Å². The minimum atomic E-state index is -4.91. The van der Waals surface area contributed by atoms with Gasteiger partial charge in [0.1, 0.15) is 0 Å². The van der Waals surface area contributed by atoms with Crippen LogP contribution in [0.5, 0.6) is 0 Å². The zero-order chi connectivity index (χ0) is 18.8. The standard InChI is InChI=1S/C15H23F3N2O4/c1-13(2,3)11(22)19-7-4-5-10(21)20-8-6-14(9-20,12(23)24)15(16,17)18/h4-9H2,1-3H3,(H,19,22)(H,23,24). The minimum Gasteiger partial charge on any atom is -0.481 e. The largest absolute Gasteiger partial charge is 0.481 e. The highest BCUT2D eigenvalue weighted by molar-refractivity contribution is 5.82. The number of rotatable bonds is 5. The van der Waals surface area contributed by atoms with E-state index in [1.54, 1.807) is 20.8 Å². The SMILES string of the molecule is CC(C)(C)C(=O)NCCCC(=O)N1CCC(C(=O)O)(C(F)(F)F)C1. The summed E-state index contributed by atoms with van der Waals surface area (Å²) in [5, 5.41) is 11.6. The van der Waals surface area contributed by atoms with Gasteiger partial charge >= 0.3 is 12.1 Å². The molecule has 0 aromatic carbocycles. The average Bonchev–Trinajstić information content (AvgIpc) is 2.88. The van der Waals surface area contributed by atoms with Crippen molar-refractivity contribution in [1.82, 2.24) is 10.2 Å². The van der Waals surface area contributed by atoms with E-state index >= 15 is 0 Å². The number of carbonyl (C=O) groups excluding carboxylic acids is 2. The third-order valence-corrected chi connectivity index (χ3v) is 4.11. The lowest BCUT2D eigenvalue weighted by Crippen LogP contribution is -2.47. The fraction of sp³-hybridized carbons (Fsp3) is 0.800. The maximum atomic E-state index is 13.0. The number of halogens is 3. The summed E-state index contributed by atoms with van der Waals surface area (Å²) < 4.78 is 39.1. The molecule has 1 rings (SSSR count). The summed E-state index contributed by atoms with van der Waals surface area (Å²) in [5.41, 5.74) is -3.45. The number of aliphatic carboxylic acids is 1. The summed E-state index contributed by atoms with van der Waals surface area (Å²) in [6.45, 7) is 4.35. The molecule has 9 heteroatoms. The smallest absolute Gasteiger partial charge is 0.406 e. The number of hydrogen-bond donors (Lipinski definition) is 2. The first-order valence-electron chi connectivity index (χ1n) is 7.67. The zero-order valence-corrected chi connectivity index (χ0v) is 14.0. The van der Waals surface area contributed by atoms with Crippen molar-refractivity contribution in [2.75, 3.05) is 19.6 Å². The fourth-order valence-electron chi connectivity index (χ4n) is 2.41.